The number of hydrogen-bond acceptors (Lipinski definition) is 6. The zero-order valence-corrected chi connectivity index (χ0v) is 14.1. The van der Waals surface area contributed by atoms with E-state index in [1.807, 2.05) is 0 Å². The van der Waals surface area contributed by atoms with Crippen molar-refractivity contribution in [2.75, 3.05) is 31.0 Å². The van der Waals surface area contributed by atoms with E-state index < -0.39 is 23.8 Å². The number of carbonyl (C=O) groups is 1. The zero-order chi connectivity index (χ0) is 19.4. The Hall–Kier alpha value is -2.95. The number of benzene rings is 1. The number of methoxy groups -OCH3 is 1. The van der Waals surface area contributed by atoms with Crippen molar-refractivity contribution in [3.8, 4) is 11.5 Å². The van der Waals surface area contributed by atoms with Crippen LogP contribution < -0.4 is 20.1 Å². The van der Waals surface area contributed by atoms with Crippen molar-refractivity contribution in [2.45, 2.75) is 18.7 Å². The second-order valence-corrected chi connectivity index (χ2v) is 5.62. The normalized spacial score (nSPS) is 16.8. The fourth-order valence-electron chi connectivity index (χ4n) is 2.38. The lowest BCUT2D eigenvalue weighted by Gasteiger charge is -2.15. The minimum Gasteiger partial charge on any atom is -0.494 e. The van der Waals surface area contributed by atoms with Crippen molar-refractivity contribution in [2.24, 2.45) is 0 Å². The summed E-state index contributed by atoms with van der Waals surface area (Å²) < 4.78 is 58.1. The number of ether oxygens (including phenoxy) is 3. The molecule has 2 aromatic rings. The summed E-state index contributed by atoms with van der Waals surface area (Å²) in [6, 6.07) is 4.52. The molecule has 1 aliphatic heterocycles. The lowest BCUT2D eigenvalue weighted by molar-refractivity contribution is -0.142. The standard InChI is InChI=1S/C16H16F3N3O5/c1-24-12-6-9(26-10-4-5-25-8-10)2-3-11(12)20-15(23)21-14-7-13(22-27-14)16(17,18)19/h2-3,6-7,10H,4-5,8H2,1H3,(H2,20,21,23). The highest BCUT2D eigenvalue weighted by atomic mass is 19.4. The third kappa shape index (κ3) is 4.82. The maximum Gasteiger partial charge on any atom is 0.436 e. The first-order chi connectivity index (χ1) is 12.8. The van der Waals surface area contributed by atoms with Crippen LogP contribution in [0.5, 0.6) is 11.5 Å². The van der Waals surface area contributed by atoms with E-state index in [1.165, 1.54) is 7.11 Å². The Kier molecular flexibility index (Phi) is 5.40. The van der Waals surface area contributed by atoms with Crippen molar-refractivity contribution in [1.29, 1.82) is 0 Å². The number of urea groups is 1. The molecule has 0 aliphatic carbocycles. The number of aromatic nitrogens is 1. The van der Waals surface area contributed by atoms with Gasteiger partial charge in [0.15, 0.2) is 5.69 Å². The Balaban J connectivity index is 1.63. The molecule has 27 heavy (non-hydrogen) atoms. The number of carbonyl (C=O) groups excluding carboxylic acids is 1. The van der Waals surface area contributed by atoms with Crippen LogP contribution in [0, 0.1) is 0 Å². The summed E-state index contributed by atoms with van der Waals surface area (Å²) in [5, 5.41) is 7.43. The zero-order valence-electron chi connectivity index (χ0n) is 14.1. The van der Waals surface area contributed by atoms with Crippen LogP contribution in [0.3, 0.4) is 0 Å². The summed E-state index contributed by atoms with van der Waals surface area (Å²) in [7, 11) is 1.41. The van der Waals surface area contributed by atoms with Crippen molar-refractivity contribution in [1.82, 2.24) is 5.16 Å². The van der Waals surface area contributed by atoms with Crippen LogP contribution in [0.25, 0.3) is 0 Å². The Morgan fingerprint density at radius 3 is 2.74 bits per heavy atom. The molecule has 146 valence electrons. The number of nitrogens with one attached hydrogen (secondary N) is 2. The number of hydrogen-bond donors (Lipinski definition) is 2. The average Bonchev–Trinajstić information content (AvgIpc) is 3.27. The molecule has 0 radical (unpaired) electrons. The van der Waals surface area contributed by atoms with E-state index in [1.54, 1.807) is 18.2 Å². The molecule has 1 aromatic heterocycles. The molecular weight excluding hydrogens is 371 g/mol. The minimum absolute atomic E-state index is 0.0499. The lowest BCUT2D eigenvalue weighted by atomic mass is 10.2. The van der Waals surface area contributed by atoms with Gasteiger partial charge in [0.1, 0.15) is 17.6 Å². The summed E-state index contributed by atoms with van der Waals surface area (Å²) >= 11 is 0. The highest BCUT2D eigenvalue weighted by Crippen LogP contribution is 2.31. The third-order valence-electron chi connectivity index (χ3n) is 3.65. The molecule has 3 rings (SSSR count). The van der Waals surface area contributed by atoms with Crippen LogP contribution in [-0.4, -0.2) is 37.6 Å². The molecule has 1 fully saturated rings. The molecule has 1 aromatic carbocycles. The van der Waals surface area contributed by atoms with E-state index in [2.05, 4.69) is 20.3 Å². The maximum absolute atomic E-state index is 12.5. The molecular formula is C16H16F3N3O5. The molecule has 8 nitrogen and oxygen atoms in total. The minimum atomic E-state index is -4.66. The van der Waals surface area contributed by atoms with Gasteiger partial charge in [-0.25, -0.2) is 4.79 Å². The van der Waals surface area contributed by atoms with Crippen LogP contribution in [0.4, 0.5) is 29.5 Å². The first-order valence-electron chi connectivity index (χ1n) is 7.89. The van der Waals surface area contributed by atoms with Gasteiger partial charge in [0, 0.05) is 18.6 Å². The number of amides is 2. The van der Waals surface area contributed by atoms with E-state index in [4.69, 9.17) is 14.2 Å². The fourth-order valence-corrected chi connectivity index (χ4v) is 2.38. The van der Waals surface area contributed by atoms with Gasteiger partial charge in [0.05, 0.1) is 26.0 Å². The molecule has 0 bridgehead atoms. The number of halogens is 3. The number of anilines is 2. The van der Waals surface area contributed by atoms with Crippen LogP contribution in [-0.2, 0) is 10.9 Å². The number of nitrogens with zero attached hydrogens (tertiary/aromatic N) is 1. The molecule has 1 unspecified atom stereocenters. The molecule has 0 spiro atoms. The van der Waals surface area contributed by atoms with E-state index in [0.717, 1.165) is 6.42 Å². The summed E-state index contributed by atoms with van der Waals surface area (Å²) in [6.45, 7) is 1.14. The van der Waals surface area contributed by atoms with Gasteiger partial charge < -0.3 is 24.1 Å². The van der Waals surface area contributed by atoms with Gasteiger partial charge in [0.2, 0.25) is 5.88 Å². The predicted octanol–water partition coefficient (Wildman–Crippen LogP) is 3.51. The van der Waals surface area contributed by atoms with Gasteiger partial charge in [-0.05, 0) is 12.1 Å². The van der Waals surface area contributed by atoms with Crippen LogP contribution in [0.15, 0.2) is 28.8 Å². The Labute approximate surface area is 151 Å². The molecule has 2 N–H and O–H groups in total. The van der Waals surface area contributed by atoms with Gasteiger partial charge >= 0.3 is 12.2 Å². The van der Waals surface area contributed by atoms with Gasteiger partial charge in [-0.3, -0.25) is 5.32 Å². The first-order valence-corrected chi connectivity index (χ1v) is 7.89. The van der Waals surface area contributed by atoms with Crippen LogP contribution >= 0.6 is 0 Å². The molecule has 1 saturated heterocycles. The molecule has 1 aliphatic rings. The quantitative estimate of drug-likeness (QED) is 0.815. The van der Waals surface area contributed by atoms with E-state index in [-0.39, 0.29) is 6.10 Å². The van der Waals surface area contributed by atoms with Gasteiger partial charge in [-0.1, -0.05) is 5.16 Å². The van der Waals surface area contributed by atoms with Gasteiger partial charge in [-0.2, -0.15) is 13.2 Å². The largest absolute Gasteiger partial charge is 0.494 e. The Bertz CT molecular complexity index is 803. The molecule has 2 amide bonds. The second-order valence-electron chi connectivity index (χ2n) is 5.62. The number of rotatable bonds is 5. The molecule has 11 heteroatoms. The van der Waals surface area contributed by atoms with E-state index in [9.17, 15) is 18.0 Å². The number of alkyl halides is 3. The Morgan fingerprint density at radius 1 is 1.30 bits per heavy atom. The summed E-state index contributed by atoms with van der Waals surface area (Å²) in [4.78, 5) is 12.0. The summed E-state index contributed by atoms with van der Waals surface area (Å²) in [5.74, 6) is 0.411. The average molecular weight is 387 g/mol. The Morgan fingerprint density at radius 2 is 2.11 bits per heavy atom. The van der Waals surface area contributed by atoms with Gasteiger partial charge in [0.25, 0.3) is 0 Å². The fraction of sp³-hybridized carbons (Fsp3) is 0.375. The maximum atomic E-state index is 12.5. The summed E-state index contributed by atoms with van der Waals surface area (Å²) in [5.41, 5.74) is -0.951. The monoisotopic (exact) mass is 387 g/mol. The first kappa shape index (κ1) is 18.8. The molecule has 0 saturated carbocycles. The topological polar surface area (TPSA) is 94.8 Å². The van der Waals surface area contributed by atoms with E-state index in [0.29, 0.717) is 36.5 Å². The van der Waals surface area contributed by atoms with Crippen LogP contribution in [0.1, 0.15) is 12.1 Å². The highest BCUT2D eigenvalue weighted by Gasteiger charge is 2.35. The summed E-state index contributed by atoms with van der Waals surface area (Å²) in [6.07, 6.45) is -3.93. The van der Waals surface area contributed by atoms with Crippen molar-refractivity contribution in [3.63, 3.8) is 0 Å². The van der Waals surface area contributed by atoms with Crippen molar-refractivity contribution in [3.05, 3.63) is 30.0 Å². The highest BCUT2D eigenvalue weighted by molar-refractivity contribution is 5.99. The van der Waals surface area contributed by atoms with Gasteiger partial charge in [-0.15, -0.1) is 0 Å². The molecule has 2 heterocycles. The molecule has 1 atom stereocenters. The van der Waals surface area contributed by atoms with Crippen molar-refractivity contribution < 1.29 is 36.7 Å². The van der Waals surface area contributed by atoms with Crippen molar-refractivity contribution >= 4 is 17.6 Å². The van der Waals surface area contributed by atoms with E-state index >= 15 is 0 Å². The lowest BCUT2D eigenvalue weighted by Crippen LogP contribution is -2.20. The smallest absolute Gasteiger partial charge is 0.436 e. The second kappa shape index (κ2) is 7.74. The predicted molar refractivity (Wildman–Crippen MR) is 87.0 cm³/mol. The van der Waals surface area contributed by atoms with Crippen LogP contribution in [0.2, 0.25) is 0 Å². The third-order valence-corrected chi connectivity index (χ3v) is 3.65. The SMILES string of the molecule is COc1cc(OC2CCOC2)ccc1NC(=O)Nc1cc(C(F)(F)F)no1.